The van der Waals surface area contributed by atoms with Gasteiger partial charge in [0.25, 0.3) is 5.91 Å². The molecule has 3 aromatic rings. The summed E-state index contributed by atoms with van der Waals surface area (Å²) >= 11 is 9.35. The van der Waals surface area contributed by atoms with E-state index in [1.54, 1.807) is 29.9 Å². The van der Waals surface area contributed by atoms with Gasteiger partial charge in [-0.25, -0.2) is 9.67 Å². The Morgan fingerprint density at radius 1 is 1.30 bits per heavy atom. The van der Waals surface area contributed by atoms with Gasteiger partial charge in [-0.15, -0.1) is 5.10 Å². The van der Waals surface area contributed by atoms with E-state index >= 15 is 0 Å². The molecule has 0 unspecified atom stereocenters. The molecule has 0 radical (unpaired) electrons. The van der Waals surface area contributed by atoms with Gasteiger partial charge in [0, 0.05) is 10.7 Å². The van der Waals surface area contributed by atoms with Gasteiger partial charge >= 0.3 is 0 Å². The van der Waals surface area contributed by atoms with Gasteiger partial charge in [-0.2, -0.15) is 0 Å². The highest BCUT2D eigenvalue weighted by Gasteiger charge is 2.18. The molecule has 2 heterocycles. The van der Waals surface area contributed by atoms with Crippen molar-refractivity contribution < 1.29 is 4.79 Å². The Bertz CT molecular complexity index is 880. The van der Waals surface area contributed by atoms with Crippen molar-refractivity contribution in [2.45, 2.75) is 6.92 Å². The second-order valence-electron chi connectivity index (χ2n) is 4.71. The summed E-state index contributed by atoms with van der Waals surface area (Å²) in [7, 11) is 0. The average molecular weight is 393 g/mol. The van der Waals surface area contributed by atoms with Crippen LogP contribution in [-0.4, -0.2) is 25.9 Å². The maximum Gasteiger partial charge on any atom is 0.278 e. The zero-order valence-electron chi connectivity index (χ0n) is 12.0. The van der Waals surface area contributed by atoms with E-state index in [1.807, 2.05) is 24.3 Å². The first-order chi connectivity index (χ1) is 11.1. The highest BCUT2D eigenvalue weighted by Crippen LogP contribution is 2.20. The van der Waals surface area contributed by atoms with Crippen LogP contribution in [0.4, 0.5) is 5.69 Å². The standard InChI is InChI=1S/C15H11BrClN5O/c1-9-13(15(23)19-12-6-3-7-18-14(12)17)20-21-22(9)11-5-2-4-10(16)8-11/h2-8H,1H3,(H,19,23). The van der Waals surface area contributed by atoms with Crippen LogP contribution in [0.1, 0.15) is 16.2 Å². The van der Waals surface area contributed by atoms with Gasteiger partial charge in [0.1, 0.15) is 0 Å². The molecule has 0 saturated heterocycles. The van der Waals surface area contributed by atoms with E-state index < -0.39 is 5.91 Å². The fraction of sp³-hybridized carbons (Fsp3) is 0.0667. The third-order valence-electron chi connectivity index (χ3n) is 3.17. The number of hydrogen-bond donors (Lipinski definition) is 1. The highest BCUT2D eigenvalue weighted by atomic mass is 79.9. The number of aromatic nitrogens is 4. The number of amides is 1. The number of anilines is 1. The zero-order valence-corrected chi connectivity index (χ0v) is 14.3. The molecule has 0 atom stereocenters. The van der Waals surface area contributed by atoms with Crippen LogP contribution in [0.3, 0.4) is 0 Å². The predicted octanol–water partition coefficient (Wildman–Crippen LogP) is 3.64. The Balaban J connectivity index is 1.90. The number of carbonyl (C=O) groups excluding carboxylic acids is 1. The molecular weight excluding hydrogens is 382 g/mol. The first kappa shape index (κ1) is 15.6. The second-order valence-corrected chi connectivity index (χ2v) is 5.98. The minimum atomic E-state index is -0.390. The first-order valence-corrected chi connectivity index (χ1v) is 7.83. The van der Waals surface area contributed by atoms with E-state index in [2.05, 4.69) is 36.5 Å². The molecule has 1 N–H and O–H groups in total. The van der Waals surface area contributed by atoms with Crippen LogP contribution in [0.5, 0.6) is 0 Å². The summed E-state index contributed by atoms with van der Waals surface area (Å²) in [6.07, 6.45) is 1.55. The number of rotatable bonds is 3. The van der Waals surface area contributed by atoms with Gasteiger partial charge in [0.2, 0.25) is 0 Å². The van der Waals surface area contributed by atoms with E-state index in [9.17, 15) is 4.79 Å². The van der Waals surface area contributed by atoms with Crippen LogP contribution in [0.25, 0.3) is 5.69 Å². The van der Waals surface area contributed by atoms with Crippen molar-refractivity contribution in [3.05, 3.63) is 63.6 Å². The van der Waals surface area contributed by atoms with Crippen molar-refractivity contribution in [3.8, 4) is 5.69 Å². The van der Waals surface area contributed by atoms with Crippen LogP contribution >= 0.6 is 27.5 Å². The second kappa shape index (κ2) is 6.47. The maximum atomic E-state index is 12.4. The molecule has 0 aliphatic carbocycles. The molecule has 0 spiro atoms. The lowest BCUT2D eigenvalue weighted by Gasteiger charge is -2.06. The average Bonchev–Trinajstić information content (AvgIpc) is 2.91. The van der Waals surface area contributed by atoms with E-state index in [0.29, 0.717) is 11.4 Å². The summed E-state index contributed by atoms with van der Waals surface area (Å²) in [5, 5.41) is 10.9. The van der Waals surface area contributed by atoms with Gasteiger partial charge in [0.15, 0.2) is 10.8 Å². The Hall–Kier alpha value is -2.25. The number of halogens is 2. The fourth-order valence-electron chi connectivity index (χ4n) is 2.05. The molecule has 0 bridgehead atoms. The third kappa shape index (κ3) is 3.25. The minimum Gasteiger partial charge on any atom is -0.318 e. The molecule has 0 saturated carbocycles. The Morgan fingerprint density at radius 2 is 2.13 bits per heavy atom. The lowest BCUT2D eigenvalue weighted by Crippen LogP contribution is -2.14. The smallest absolute Gasteiger partial charge is 0.278 e. The molecule has 0 aliphatic rings. The number of hydrogen-bond acceptors (Lipinski definition) is 4. The molecule has 0 fully saturated rings. The number of nitrogens with zero attached hydrogens (tertiary/aromatic N) is 4. The molecular formula is C15H11BrClN5O. The van der Waals surface area contributed by atoms with Crippen LogP contribution in [0.2, 0.25) is 5.15 Å². The highest BCUT2D eigenvalue weighted by molar-refractivity contribution is 9.10. The molecule has 23 heavy (non-hydrogen) atoms. The number of nitrogens with one attached hydrogen (secondary N) is 1. The predicted molar refractivity (Wildman–Crippen MR) is 91.0 cm³/mol. The van der Waals surface area contributed by atoms with E-state index in [4.69, 9.17) is 11.6 Å². The van der Waals surface area contributed by atoms with Crippen molar-refractivity contribution in [2.24, 2.45) is 0 Å². The van der Waals surface area contributed by atoms with Crippen molar-refractivity contribution in [1.82, 2.24) is 20.0 Å². The molecule has 1 amide bonds. The van der Waals surface area contributed by atoms with Gasteiger partial charge < -0.3 is 5.32 Å². The molecule has 1 aromatic carbocycles. The quantitative estimate of drug-likeness (QED) is 0.691. The summed E-state index contributed by atoms with van der Waals surface area (Å²) in [5.74, 6) is -0.390. The van der Waals surface area contributed by atoms with Crippen molar-refractivity contribution in [3.63, 3.8) is 0 Å². The zero-order chi connectivity index (χ0) is 16.4. The summed E-state index contributed by atoms with van der Waals surface area (Å²) < 4.78 is 2.52. The minimum absolute atomic E-state index is 0.220. The number of pyridine rings is 1. The van der Waals surface area contributed by atoms with Gasteiger partial charge in [-0.1, -0.05) is 38.8 Å². The molecule has 116 valence electrons. The van der Waals surface area contributed by atoms with E-state index in [-0.39, 0.29) is 10.8 Å². The number of carbonyl (C=O) groups is 1. The van der Waals surface area contributed by atoms with Crippen LogP contribution < -0.4 is 5.32 Å². The SMILES string of the molecule is Cc1c(C(=O)Nc2cccnc2Cl)nnn1-c1cccc(Br)c1. The van der Waals surface area contributed by atoms with Gasteiger partial charge in [0.05, 0.1) is 17.1 Å². The normalized spacial score (nSPS) is 10.6. The molecule has 2 aromatic heterocycles. The van der Waals surface area contributed by atoms with Crippen LogP contribution in [0, 0.1) is 6.92 Å². The Labute approximate surface area is 145 Å². The maximum absolute atomic E-state index is 12.4. The topological polar surface area (TPSA) is 72.7 Å². The summed E-state index contributed by atoms with van der Waals surface area (Å²) in [6, 6.07) is 10.9. The monoisotopic (exact) mass is 391 g/mol. The summed E-state index contributed by atoms with van der Waals surface area (Å²) in [6.45, 7) is 1.78. The van der Waals surface area contributed by atoms with E-state index in [0.717, 1.165) is 10.2 Å². The Kier molecular flexibility index (Phi) is 4.40. The van der Waals surface area contributed by atoms with Gasteiger partial charge in [-0.05, 0) is 37.3 Å². The van der Waals surface area contributed by atoms with Crippen molar-refractivity contribution >= 4 is 39.1 Å². The largest absolute Gasteiger partial charge is 0.318 e. The molecule has 8 heteroatoms. The van der Waals surface area contributed by atoms with Crippen LogP contribution in [0.15, 0.2) is 47.1 Å². The number of benzene rings is 1. The fourth-order valence-corrected chi connectivity index (χ4v) is 2.61. The van der Waals surface area contributed by atoms with Crippen molar-refractivity contribution in [1.29, 1.82) is 0 Å². The molecule has 0 aliphatic heterocycles. The summed E-state index contributed by atoms with van der Waals surface area (Å²) in [5.41, 5.74) is 2.09. The molecule has 6 nitrogen and oxygen atoms in total. The van der Waals surface area contributed by atoms with Crippen LogP contribution in [-0.2, 0) is 0 Å². The van der Waals surface area contributed by atoms with Crippen molar-refractivity contribution in [2.75, 3.05) is 5.32 Å². The lowest BCUT2D eigenvalue weighted by molar-refractivity contribution is 0.102. The first-order valence-electron chi connectivity index (χ1n) is 6.66. The Morgan fingerprint density at radius 3 is 2.87 bits per heavy atom. The summed E-state index contributed by atoms with van der Waals surface area (Å²) in [4.78, 5) is 16.3. The molecule has 3 rings (SSSR count). The lowest BCUT2D eigenvalue weighted by atomic mass is 10.2. The van der Waals surface area contributed by atoms with E-state index in [1.165, 1.54) is 0 Å². The van der Waals surface area contributed by atoms with Gasteiger partial charge in [-0.3, -0.25) is 4.79 Å². The third-order valence-corrected chi connectivity index (χ3v) is 3.96.